The van der Waals surface area contributed by atoms with Gasteiger partial charge in [0.1, 0.15) is 0 Å². The molecule has 0 amide bonds. The summed E-state index contributed by atoms with van der Waals surface area (Å²) < 4.78 is 1.34. The van der Waals surface area contributed by atoms with Crippen molar-refractivity contribution in [2.75, 3.05) is 6.61 Å². The minimum Gasteiger partial charge on any atom is -0.396 e. The van der Waals surface area contributed by atoms with E-state index in [2.05, 4.69) is 61.7 Å². The molecule has 1 aromatic heterocycles. The maximum atomic E-state index is 9.05. The molecule has 1 heterocycles. The Kier molecular flexibility index (Phi) is 6.53. The Morgan fingerprint density at radius 3 is 2.21 bits per heavy atom. The van der Waals surface area contributed by atoms with Crippen LogP contribution in [-0.4, -0.2) is 11.7 Å². The zero-order valence-corrected chi connectivity index (χ0v) is 15.3. The predicted octanol–water partition coefficient (Wildman–Crippen LogP) is 6.43. The van der Waals surface area contributed by atoms with E-state index in [0.717, 1.165) is 5.56 Å². The van der Waals surface area contributed by atoms with Gasteiger partial charge in [-0.05, 0) is 42.3 Å². The maximum absolute atomic E-state index is 9.05. The van der Waals surface area contributed by atoms with Crippen molar-refractivity contribution in [3.63, 3.8) is 0 Å². The van der Waals surface area contributed by atoms with Crippen LogP contribution < -0.4 is 0 Å². The lowest BCUT2D eigenvalue weighted by atomic mass is 10.1. The molecule has 0 fully saturated rings. The summed E-state index contributed by atoms with van der Waals surface area (Å²) in [5, 5.41) is 10.3. The molecule has 3 aromatic rings. The highest BCUT2D eigenvalue weighted by atomic mass is 32.2. The molecule has 1 nitrogen and oxygen atoms in total. The molecule has 2 heteroatoms. The summed E-state index contributed by atoms with van der Waals surface area (Å²) in [4.78, 5) is 2.52. The van der Waals surface area contributed by atoms with E-state index in [9.17, 15) is 0 Å². The van der Waals surface area contributed by atoms with Crippen LogP contribution in [0.25, 0.3) is 27.1 Å². The van der Waals surface area contributed by atoms with Crippen molar-refractivity contribution < 1.29 is 5.11 Å². The van der Waals surface area contributed by atoms with Crippen LogP contribution in [0.15, 0.2) is 61.7 Å². The quantitative estimate of drug-likeness (QED) is 0.532. The first-order chi connectivity index (χ1) is 11.8. The first-order valence-corrected chi connectivity index (χ1v) is 9.55. The van der Waals surface area contributed by atoms with Gasteiger partial charge in [-0.25, -0.2) is 0 Å². The zero-order valence-electron chi connectivity index (χ0n) is 14.5. The van der Waals surface area contributed by atoms with Gasteiger partial charge in [0.15, 0.2) is 14.5 Å². The van der Waals surface area contributed by atoms with Gasteiger partial charge in [0.2, 0.25) is 0 Å². The Balaban J connectivity index is 0.00000100. The minimum atomic E-state index is -0.118. The number of rotatable bonds is 5. The maximum Gasteiger partial charge on any atom is 0.187 e. The zero-order chi connectivity index (χ0) is 17.5. The van der Waals surface area contributed by atoms with Crippen LogP contribution in [0.1, 0.15) is 29.9 Å². The third kappa shape index (κ3) is 3.35. The molecule has 0 aliphatic heterocycles. The van der Waals surface area contributed by atoms with E-state index in [0.29, 0.717) is 6.42 Å². The van der Waals surface area contributed by atoms with E-state index in [-0.39, 0.29) is 17.1 Å². The molecular weight excluding hydrogens is 312 g/mol. The van der Waals surface area contributed by atoms with E-state index < -0.39 is 0 Å². The fourth-order valence-electron chi connectivity index (χ4n) is 2.81. The van der Waals surface area contributed by atoms with E-state index >= 15 is 0 Å². The topological polar surface area (TPSA) is 20.2 Å². The third-order valence-corrected chi connectivity index (χ3v) is 6.20. The van der Waals surface area contributed by atoms with Crippen molar-refractivity contribution in [3.05, 3.63) is 77.7 Å². The smallest absolute Gasteiger partial charge is 0.187 e. The largest absolute Gasteiger partial charge is 0.396 e. The lowest BCUT2D eigenvalue weighted by molar-refractivity contribution is 0.299. The van der Waals surface area contributed by atoms with Crippen LogP contribution in [0.2, 0.25) is 0 Å². The van der Waals surface area contributed by atoms with Crippen LogP contribution in [-0.2, 0) is 6.42 Å². The Bertz CT molecular complexity index is 825. The second-order valence-corrected chi connectivity index (χ2v) is 7.07. The molecule has 124 valence electrons. The molecule has 3 rings (SSSR count). The van der Waals surface area contributed by atoms with E-state index in [1.807, 2.05) is 26.0 Å². The van der Waals surface area contributed by atoms with Crippen molar-refractivity contribution in [2.45, 2.75) is 20.3 Å². The molecule has 0 radical (unpaired) electrons. The number of hydrogen-bond donors (Lipinski definition) is 1. The molecule has 0 saturated heterocycles. The first kappa shape index (κ1) is 18.2. The number of aliphatic hydroxyl groups is 1. The van der Waals surface area contributed by atoms with Crippen molar-refractivity contribution in [1.29, 1.82) is 0 Å². The number of hydrogen-bond acceptors (Lipinski definition) is 1. The second-order valence-electron chi connectivity index (χ2n) is 5.11. The third-order valence-electron chi connectivity index (χ3n) is 3.83. The predicted molar refractivity (Wildman–Crippen MR) is 110 cm³/mol. The summed E-state index contributed by atoms with van der Waals surface area (Å²) in [6.07, 6.45) is 4.59. The number of fused-ring (bicyclic) bond motifs is 1. The summed E-state index contributed by atoms with van der Waals surface area (Å²) >= 11 is 0. The molecule has 0 spiro atoms. The monoisotopic (exact) mass is 337 g/mol. The Labute approximate surface area is 147 Å². The van der Waals surface area contributed by atoms with Gasteiger partial charge in [-0.1, -0.05) is 57.3 Å². The average Bonchev–Trinajstić information content (AvgIpc) is 2.98. The highest BCUT2D eigenvalue weighted by molar-refractivity contribution is 7.46. The van der Waals surface area contributed by atoms with Crippen LogP contribution in [0.5, 0.6) is 0 Å². The van der Waals surface area contributed by atoms with Gasteiger partial charge in [-0.3, -0.25) is 0 Å². The molecule has 0 aliphatic rings. The Morgan fingerprint density at radius 1 is 0.958 bits per heavy atom. The highest BCUT2D eigenvalue weighted by Crippen LogP contribution is 2.47. The molecule has 2 aromatic carbocycles. The van der Waals surface area contributed by atoms with Crippen LogP contribution in [0, 0.1) is 0 Å². The first-order valence-electron chi connectivity index (χ1n) is 8.32. The normalized spacial score (nSPS) is 10.9. The van der Waals surface area contributed by atoms with Gasteiger partial charge in [-0.15, -0.1) is 0 Å². The van der Waals surface area contributed by atoms with Crippen molar-refractivity contribution >= 4 is 32.7 Å². The number of aliphatic hydroxyl groups excluding tert-OH is 1. The lowest BCUT2D eigenvalue weighted by Crippen LogP contribution is -1.89. The molecule has 1 N–H and O–H groups in total. The second kappa shape index (κ2) is 8.62. The Hall–Kier alpha value is -2.16. The summed E-state index contributed by atoms with van der Waals surface area (Å²) in [5.74, 6) is 0. The highest BCUT2D eigenvalue weighted by Gasteiger charge is 2.25. The molecule has 24 heavy (non-hydrogen) atoms. The summed E-state index contributed by atoms with van der Waals surface area (Å²) in [6, 6.07) is 17.1. The van der Waals surface area contributed by atoms with Crippen LogP contribution >= 0.6 is 10.5 Å². The number of thiophene rings is 1. The fourth-order valence-corrected chi connectivity index (χ4v) is 5.15. The van der Waals surface area contributed by atoms with Gasteiger partial charge in [0.05, 0.1) is 0 Å². The molecule has 0 saturated carbocycles. The van der Waals surface area contributed by atoms with Crippen LogP contribution in [0.4, 0.5) is 0 Å². The van der Waals surface area contributed by atoms with Crippen molar-refractivity contribution in [1.82, 2.24) is 0 Å². The standard InChI is InChI=1S/C20H19OS.C2H6/c1-3-17-18-7-5-6-8-20(18)22(19(17)4-2)16-11-9-15(10-12-16)13-14-21;1-2/h3-12,21H,1-2,13-14H2;1-2H3/q+1;. The van der Waals surface area contributed by atoms with Gasteiger partial charge in [-0.2, -0.15) is 0 Å². The molecule has 1 unspecified atom stereocenters. The van der Waals surface area contributed by atoms with Gasteiger partial charge >= 0.3 is 0 Å². The van der Waals surface area contributed by atoms with Gasteiger partial charge in [0.25, 0.3) is 0 Å². The van der Waals surface area contributed by atoms with E-state index in [4.69, 9.17) is 5.11 Å². The van der Waals surface area contributed by atoms with Crippen molar-refractivity contribution in [2.24, 2.45) is 0 Å². The summed E-state index contributed by atoms with van der Waals surface area (Å²) in [6.45, 7) is 12.2. The molecule has 0 bridgehead atoms. The van der Waals surface area contributed by atoms with Gasteiger partial charge < -0.3 is 5.11 Å². The summed E-state index contributed by atoms with van der Waals surface area (Å²) in [7, 11) is -0.118. The lowest BCUT2D eigenvalue weighted by Gasteiger charge is -1.98. The van der Waals surface area contributed by atoms with Crippen molar-refractivity contribution in [3.8, 4) is 4.90 Å². The van der Waals surface area contributed by atoms with Crippen LogP contribution in [0.3, 0.4) is 0 Å². The molecule has 1 atom stereocenters. The minimum absolute atomic E-state index is 0.118. The average molecular weight is 338 g/mol. The Morgan fingerprint density at radius 2 is 1.62 bits per heavy atom. The van der Waals surface area contributed by atoms with E-state index in [1.54, 1.807) is 0 Å². The van der Waals surface area contributed by atoms with Gasteiger partial charge in [0, 0.05) is 28.0 Å². The number of benzene rings is 2. The van der Waals surface area contributed by atoms with E-state index in [1.165, 1.54) is 25.4 Å². The fraction of sp³-hybridized carbons (Fsp3) is 0.182. The molecule has 0 aliphatic carbocycles. The summed E-state index contributed by atoms with van der Waals surface area (Å²) in [5.41, 5.74) is 2.35. The SMILES string of the molecule is C=Cc1c(C=C)[s+](-c2ccc(CCO)cc2)c2ccccc12.CC. The molecular formula is C22H25OS+.